The Morgan fingerprint density at radius 3 is 2.68 bits per heavy atom. The summed E-state index contributed by atoms with van der Waals surface area (Å²) >= 11 is 0. The van der Waals surface area contributed by atoms with E-state index in [9.17, 15) is 14.4 Å². The molecule has 2 aliphatic rings. The third-order valence-corrected chi connectivity index (χ3v) is 6.59. The highest BCUT2D eigenvalue weighted by molar-refractivity contribution is 6.10. The van der Waals surface area contributed by atoms with Crippen molar-refractivity contribution in [2.45, 2.75) is 58.7 Å². The lowest BCUT2D eigenvalue weighted by molar-refractivity contribution is -0.122. The van der Waals surface area contributed by atoms with Crippen molar-refractivity contribution in [2.75, 3.05) is 11.4 Å². The first kappa shape index (κ1) is 21.1. The second-order valence-electron chi connectivity index (χ2n) is 8.82. The van der Waals surface area contributed by atoms with Crippen molar-refractivity contribution in [2.24, 2.45) is 0 Å². The number of hydrogen-bond acceptors (Lipinski definition) is 3. The van der Waals surface area contributed by atoms with Crippen LogP contribution in [0.25, 0.3) is 0 Å². The molecule has 2 heterocycles. The van der Waals surface area contributed by atoms with Crippen LogP contribution in [0.3, 0.4) is 0 Å². The van der Waals surface area contributed by atoms with Gasteiger partial charge in [0, 0.05) is 19.4 Å². The summed E-state index contributed by atoms with van der Waals surface area (Å²) in [6.07, 6.45) is 1.14. The molecule has 2 aromatic rings. The van der Waals surface area contributed by atoms with Gasteiger partial charge in [-0.2, -0.15) is 0 Å². The molecule has 6 nitrogen and oxygen atoms in total. The van der Waals surface area contributed by atoms with Crippen molar-refractivity contribution in [3.05, 3.63) is 64.7 Å². The van der Waals surface area contributed by atoms with E-state index in [4.69, 9.17) is 0 Å². The van der Waals surface area contributed by atoms with E-state index >= 15 is 0 Å². The van der Waals surface area contributed by atoms with Gasteiger partial charge in [0.25, 0.3) is 5.91 Å². The Morgan fingerprint density at radius 1 is 1.16 bits per heavy atom. The number of fused-ring (bicyclic) bond motifs is 3. The third-order valence-electron chi connectivity index (χ3n) is 6.59. The molecule has 6 heteroatoms. The summed E-state index contributed by atoms with van der Waals surface area (Å²) in [5, 5.41) is 3.06. The minimum absolute atomic E-state index is 0.0143. The maximum absolute atomic E-state index is 13.3. The number of nitrogens with zero attached hydrogens (tertiary/aromatic N) is 2. The normalized spacial score (nSPS) is 21.0. The number of aryl methyl sites for hydroxylation is 2. The molecule has 31 heavy (non-hydrogen) atoms. The van der Waals surface area contributed by atoms with Crippen LogP contribution < -0.4 is 10.2 Å². The highest BCUT2D eigenvalue weighted by Crippen LogP contribution is 2.43. The maximum Gasteiger partial charge on any atom is 0.257 e. The van der Waals surface area contributed by atoms with Crippen molar-refractivity contribution in [1.82, 2.24) is 10.2 Å². The van der Waals surface area contributed by atoms with E-state index < -0.39 is 5.66 Å². The molecule has 0 aliphatic carbocycles. The summed E-state index contributed by atoms with van der Waals surface area (Å²) in [5.41, 5.74) is 3.82. The van der Waals surface area contributed by atoms with Crippen LogP contribution in [-0.2, 0) is 9.59 Å². The Balaban J connectivity index is 1.50. The van der Waals surface area contributed by atoms with E-state index in [1.165, 1.54) is 0 Å². The van der Waals surface area contributed by atoms with E-state index in [0.717, 1.165) is 16.7 Å². The number of para-hydroxylation sites is 1. The van der Waals surface area contributed by atoms with Crippen molar-refractivity contribution in [1.29, 1.82) is 0 Å². The number of nitrogens with one attached hydrogen (secondary N) is 1. The van der Waals surface area contributed by atoms with Gasteiger partial charge in [-0.05, 0) is 57.4 Å². The predicted molar refractivity (Wildman–Crippen MR) is 120 cm³/mol. The van der Waals surface area contributed by atoms with Gasteiger partial charge in [0.2, 0.25) is 11.8 Å². The molecule has 4 rings (SSSR count). The highest BCUT2D eigenvalue weighted by Gasteiger charge is 2.52. The first-order valence-corrected chi connectivity index (χ1v) is 10.8. The van der Waals surface area contributed by atoms with Gasteiger partial charge < -0.3 is 10.2 Å². The molecule has 1 saturated heterocycles. The molecule has 1 fully saturated rings. The zero-order valence-electron chi connectivity index (χ0n) is 18.6. The molecule has 3 amide bonds. The van der Waals surface area contributed by atoms with Crippen LogP contribution >= 0.6 is 0 Å². The number of anilines is 1. The van der Waals surface area contributed by atoms with Crippen molar-refractivity contribution in [3.8, 4) is 0 Å². The van der Waals surface area contributed by atoms with Gasteiger partial charge >= 0.3 is 0 Å². The van der Waals surface area contributed by atoms with Crippen LogP contribution in [0.1, 0.15) is 66.2 Å². The summed E-state index contributed by atoms with van der Waals surface area (Å²) in [6, 6.07) is 13.3. The van der Waals surface area contributed by atoms with E-state index in [-0.39, 0.29) is 36.7 Å². The molecular weight excluding hydrogens is 390 g/mol. The average molecular weight is 420 g/mol. The molecule has 0 spiro atoms. The maximum atomic E-state index is 13.3. The Bertz CT molecular complexity index is 1060. The van der Waals surface area contributed by atoms with Gasteiger partial charge in [-0.25, -0.2) is 0 Å². The topological polar surface area (TPSA) is 69.7 Å². The molecular formula is C25H29N3O3. The molecule has 2 atom stereocenters. The molecule has 0 radical (unpaired) electrons. The lowest BCUT2D eigenvalue weighted by Crippen LogP contribution is -2.62. The van der Waals surface area contributed by atoms with Gasteiger partial charge in [-0.1, -0.05) is 35.9 Å². The number of hydrogen-bond donors (Lipinski definition) is 1. The molecule has 1 N–H and O–H groups in total. The summed E-state index contributed by atoms with van der Waals surface area (Å²) in [4.78, 5) is 42.1. The van der Waals surface area contributed by atoms with Crippen molar-refractivity contribution < 1.29 is 14.4 Å². The number of carbonyl (C=O) groups excluding carboxylic acids is 3. The molecule has 0 aromatic heterocycles. The second kappa shape index (κ2) is 7.84. The van der Waals surface area contributed by atoms with Gasteiger partial charge in [-0.15, -0.1) is 0 Å². The fourth-order valence-electron chi connectivity index (χ4n) is 4.87. The van der Waals surface area contributed by atoms with E-state index in [0.29, 0.717) is 24.1 Å². The highest BCUT2D eigenvalue weighted by atomic mass is 16.2. The number of rotatable bonds is 5. The van der Waals surface area contributed by atoms with Gasteiger partial charge in [-0.3, -0.25) is 19.3 Å². The standard InChI is InChI=1S/C25H29N3O3/c1-16-9-10-17(2)20(15-16)18(3)26-22(29)12-14-27-24(31)19-7-5-6-8-21(19)28-23(30)11-13-25(27,28)4/h5-10,15,18H,11-14H2,1-4H3,(H,26,29). The predicted octanol–water partition coefficient (Wildman–Crippen LogP) is 3.87. The van der Waals surface area contributed by atoms with E-state index in [1.54, 1.807) is 21.9 Å². The Morgan fingerprint density at radius 2 is 1.90 bits per heavy atom. The SMILES string of the molecule is Cc1ccc(C)c(C(C)NC(=O)CCN2C(=O)c3ccccc3N3C(=O)CCC23C)c1. The fraction of sp³-hybridized carbons (Fsp3) is 0.400. The molecule has 0 bridgehead atoms. The number of carbonyl (C=O) groups is 3. The smallest absolute Gasteiger partial charge is 0.257 e. The summed E-state index contributed by atoms with van der Waals surface area (Å²) in [6.45, 7) is 8.22. The van der Waals surface area contributed by atoms with E-state index in [2.05, 4.69) is 23.5 Å². The lowest BCUT2D eigenvalue weighted by Gasteiger charge is -2.48. The van der Waals surface area contributed by atoms with Crippen molar-refractivity contribution >= 4 is 23.4 Å². The molecule has 162 valence electrons. The number of benzene rings is 2. The lowest BCUT2D eigenvalue weighted by atomic mass is 9.97. The van der Waals surface area contributed by atoms with Crippen LogP contribution in [0.2, 0.25) is 0 Å². The Kier molecular flexibility index (Phi) is 5.33. The quantitative estimate of drug-likeness (QED) is 0.800. The zero-order chi connectivity index (χ0) is 22.3. The summed E-state index contributed by atoms with van der Waals surface area (Å²) < 4.78 is 0. The fourth-order valence-corrected chi connectivity index (χ4v) is 4.87. The largest absolute Gasteiger partial charge is 0.350 e. The first-order chi connectivity index (χ1) is 14.7. The Hall–Kier alpha value is -3.15. The molecule has 0 saturated carbocycles. The Labute approximate surface area is 183 Å². The monoisotopic (exact) mass is 419 g/mol. The van der Waals surface area contributed by atoms with Gasteiger partial charge in [0.1, 0.15) is 5.66 Å². The second-order valence-corrected chi connectivity index (χ2v) is 8.82. The van der Waals surface area contributed by atoms with Crippen LogP contribution in [0, 0.1) is 13.8 Å². The summed E-state index contributed by atoms with van der Waals surface area (Å²) in [7, 11) is 0. The minimum Gasteiger partial charge on any atom is -0.350 e. The van der Waals surface area contributed by atoms with Crippen LogP contribution in [0.5, 0.6) is 0 Å². The minimum atomic E-state index is -0.735. The van der Waals surface area contributed by atoms with Crippen LogP contribution in [-0.4, -0.2) is 34.8 Å². The van der Waals surface area contributed by atoms with Crippen LogP contribution in [0.4, 0.5) is 5.69 Å². The zero-order valence-corrected chi connectivity index (χ0v) is 18.6. The number of amides is 3. The summed E-state index contributed by atoms with van der Waals surface area (Å²) in [5.74, 6) is -0.223. The molecule has 2 aromatic carbocycles. The van der Waals surface area contributed by atoms with Crippen LogP contribution in [0.15, 0.2) is 42.5 Å². The van der Waals surface area contributed by atoms with E-state index in [1.807, 2.05) is 39.8 Å². The van der Waals surface area contributed by atoms with Crippen molar-refractivity contribution in [3.63, 3.8) is 0 Å². The third kappa shape index (κ3) is 3.60. The van der Waals surface area contributed by atoms with Gasteiger partial charge in [0.05, 0.1) is 17.3 Å². The van der Waals surface area contributed by atoms with Gasteiger partial charge in [0.15, 0.2) is 0 Å². The molecule has 2 unspecified atom stereocenters. The average Bonchev–Trinajstić information content (AvgIpc) is 3.04. The molecule has 2 aliphatic heterocycles. The first-order valence-electron chi connectivity index (χ1n) is 10.8.